The van der Waals surface area contributed by atoms with Crippen molar-refractivity contribution >= 4 is 11.8 Å². The van der Waals surface area contributed by atoms with E-state index in [-0.39, 0.29) is 12.1 Å². The van der Waals surface area contributed by atoms with Crippen molar-refractivity contribution in [2.75, 3.05) is 18.4 Å². The molecule has 0 unspecified atom stereocenters. The van der Waals surface area contributed by atoms with E-state index in [4.69, 9.17) is 5.26 Å². The summed E-state index contributed by atoms with van der Waals surface area (Å²) in [5.74, 6) is 0.495. The minimum absolute atomic E-state index is 0.143. The fourth-order valence-corrected chi connectivity index (χ4v) is 2.99. The summed E-state index contributed by atoms with van der Waals surface area (Å²) in [7, 11) is 0. The molecule has 7 heteroatoms. The predicted molar refractivity (Wildman–Crippen MR) is 94.7 cm³/mol. The van der Waals surface area contributed by atoms with Crippen molar-refractivity contribution in [3.63, 3.8) is 0 Å². The monoisotopic (exact) mass is 338 g/mol. The van der Waals surface area contributed by atoms with Crippen LogP contribution >= 0.6 is 0 Å². The second-order valence-corrected chi connectivity index (χ2v) is 6.18. The van der Waals surface area contributed by atoms with Crippen molar-refractivity contribution < 1.29 is 4.79 Å². The maximum absolute atomic E-state index is 12.1. The van der Waals surface area contributed by atoms with E-state index in [0.29, 0.717) is 18.8 Å². The van der Waals surface area contributed by atoms with E-state index in [2.05, 4.69) is 38.8 Å². The third kappa shape index (κ3) is 5.06. The van der Waals surface area contributed by atoms with Gasteiger partial charge in [-0.1, -0.05) is 30.3 Å². The number of amides is 2. The van der Waals surface area contributed by atoms with E-state index in [9.17, 15) is 4.79 Å². The zero-order valence-electron chi connectivity index (χ0n) is 14.1. The molecule has 3 rings (SSSR count). The average Bonchev–Trinajstić information content (AvgIpc) is 3.23. The van der Waals surface area contributed by atoms with Gasteiger partial charge in [0.05, 0.1) is 19.0 Å². The standard InChI is InChI=1S/C18H22N6O/c19-9-4-10-24-12-8-17(22-24)21-18(25)20-16-7-11-23(14-16)13-15-5-2-1-3-6-15/h1-3,5-6,8,12,16H,4,7,10-11,13-14H2,(H2,20,21,22,25)/t16-/m0/s1. The number of nitrogens with one attached hydrogen (secondary N) is 2. The van der Waals surface area contributed by atoms with Gasteiger partial charge in [-0.25, -0.2) is 4.79 Å². The van der Waals surface area contributed by atoms with E-state index < -0.39 is 0 Å². The number of nitriles is 1. The number of rotatable bonds is 6. The summed E-state index contributed by atoms with van der Waals surface area (Å²) in [6.07, 6.45) is 3.09. The van der Waals surface area contributed by atoms with Crippen LogP contribution in [0.4, 0.5) is 10.6 Å². The maximum Gasteiger partial charge on any atom is 0.320 e. The SMILES string of the molecule is N#CCCn1ccc(NC(=O)N[C@H]2CCN(Cc3ccccc3)C2)n1. The highest BCUT2D eigenvalue weighted by Crippen LogP contribution is 2.13. The van der Waals surface area contributed by atoms with Gasteiger partial charge in [0.25, 0.3) is 0 Å². The van der Waals surface area contributed by atoms with Gasteiger partial charge in [0.15, 0.2) is 5.82 Å². The third-order valence-electron chi connectivity index (χ3n) is 4.19. The molecule has 1 aromatic heterocycles. The third-order valence-corrected chi connectivity index (χ3v) is 4.19. The van der Waals surface area contributed by atoms with Gasteiger partial charge in [0, 0.05) is 37.9 Å². The molecule has 25 heavy (non-hydrogen) atoms. The Kier molecular flexibility index (Phi) is 5.65. The van der Waals surface area contributed by atoms with Crippen molar-refractivity contribution in [1.29, 1.82) is 5.26 Å². The first-order chi connectivity index (χ1) is 12.2. The number of carbonyl (C=O) groups excluding carboxylic acids is 1. The Bertz CT molecular complexity index is 736. The molecule has 0 bridgehead atoms. The fourth-order valence-electron chi connectivity index (χ4n) is 2.99. The van der Waals surface area contributed by atoms with Gasteiger partial charge >= 0.3 is 6.03 Å². The molecule has 7 nitrogen and oxygen atoms in total. The van der Waals surface area contributed by atoms with Crippen LogP contribution in [0.1, 0.15) is 18.4 Å². The lowest BCUT2D eigenvalue weighted by molar-refractivity contribution is 0.247. The van der Waals surface area contributed by atoms with Gasteiger partial charge in [-0.2, -0.15) is 10.4 Å². The second-order valence-electron chi connectivity index (χ2n) is 6.18. The molecule has 1 atom stereocenters. The lowest BCUT2D eigenvalue weighted by Crippen LogP contribution is -2.39. The Morgan fingerprint density at radius 3 is 2.96 bits per heavy atom. The van der Waals surface area contributed by atoms with Crippen LogP contribution in [0.25, 0.3) is 0 Å². The average molecular weight is 338 g/mol. The second kappa shape index (κ2) is 8.31. The first kappa shape index (κ1) is 17.0. The zero-order valence-corrected chi connectivity index (χ0v) is 14.1. The Morgan fingerprint density at radius 2 is 2.16 bits per heavy atom. The zero-order chi connectivity index (χ0) is 17.5. The van der Waals surface area contributed by atoms with Gasteiger partial charge in [-0.3, -0.25) is 14.9 Å². The first-order valence-electron chi connectivity index (χ1n) is 8.47. The summed E-state index contributed by atoms with van der Waals surface area (Å²) in [6, 6.07) is 14.1. The molecule has 1 aliphatic heterocycles. The summed E-state index contributed by atoms with van der Waals surface area (Å²) in [5, 5.41) is 18.5. The Labute approximate surface area is 147 Å². The summed E-state index contributed by atoms with van der Waals surface area (Å²) in [6.45, 7) is 3.25. The summed E-state index contributed by atoms with van der Waals surface area (Å²) in [4.78, 5) is 14.5. The number of carbonyl (C=O) groups is 1. The number of anilines is 1. The number of hydrogen-bond donors (Lipinski definition) is 2. The minimum Gasteiger partial charge on any atom is -0.334 e. The Morgan fingerprint density at radius 1 is 1.32 bits per heavy atom. The van der Waals surface area contributed by atoms with E-state index in [1.807, 2.05) is 18.2 Å². The van der Waals surface area contributed by atoms with Crippen LogP contribution in [-0.4, -0.2) is 39.8 Å². The minimum atomic E-state index is -0.239. The van der Waals surface area contributed by atoms with Crippen LogP contribution in [0.2, 0.25) is 0 Å². The van der Waals surface area contributed by atoms with Crippen LogP contribution in [0.3, 0.4) is 0 Å². The molecule has 0 spiro atoms. The van der Waals surface area contributed by atoms with Crippen LogP contribution in [0, 0.1) is 11.3 Å². The summed E-state index contributed by atoms with van der Waals surface area (Å²) >= 11 is 0. The molecule has 0 radical (unpaired) electrons. The smallest absolute Gasteiger partial charge is 0.320 e. The van der Waals surface area contributed by atoms with Gasteiger partial charge in [0.1, 0.15) is 0 Å². The fraction of sp³-hybridized carbons (Fsp3) is 0.389. The van der Waals surface area contributed by atoms with Gasteiger partial charge in [-0.15, -0.1) is 0 Å². The van der Waals surface area contributed by atoms with Crippen molar-refractivity contribution in [1.82, 2.24) is 20.0 Å². The number of urea groups is 1. The quantitative estimate of drug-likeness (QED) is 0.845. The molecule has 1 saturated heterocycles. The lowest BCUT2D eigenvalue weighted by atomic mass is 10.2. The van der Waals surface area contributed by atoms with Crippen molar-refractivity contribution in [3.8, 4) is 6.07 Å². The first-order valence-corrected chi connectivity index (χ1v) is 8.47. The van der Waals surface area contributed by atoms with E-state index in [1.165, 1.54) is 5.56 Å². The highest BCUT2D eigenvalue weighted by molar-refractivity contribution is 5.88. The number of aromatic nitrogens is 2. The predicted octanol–water partition coefficient (Wildman–Crippen LogP) is 2.19. The normalized spacial score (nSPS) is 17.2. The number of likely N-dealkylation sites (tertiary alicyclic amines) is 1. The number of nitrogens with zero attached hydrogens (tertiary/aromatic N) is 4. The lowest BCUT2D eigenvalue weighted by Gasteiger charge is -2.16. The molecule has 1 aliphatic rings. The molecule has 0 aliphatic carbocycles. The molecule has 2 aromatic rings. The highest BCUT2D eigenvalue weighted by atomic mass is 16.2. The molecule has 0 saturated carbocycles. The summed E-state index contributed by atoms with van der Waals surface area (Å²) < 4.78 is 1.65. The van der Waals surface area contributed by atoms with Gasteiger partial charge < -0.3 is 5.32 Å². The number of hydrogen-bond acceptors (Lipinski definition) is 4. The molecule has 1 aromatic carbocycles. The topological polar surface area (TPSA) is 86.0 Å². The van der Waals surface area contributed by atoms with Crippen molar-refractivity contribution in [3.05, 3.63) is 48.2 Å². The largest absolute Gasteiger partial charge is 0.334 e. The van der Waals surface area contributed by atoms with Crippen molar-refractivity contribution in [2.24, 2.45) is 0 Å². The van der Waals surface area contributed by atoms with E-state index in [0.717, 1.165) is 26.1 Å². The molecule has 2 heterocycles. The van der Waals surface area contributed by atoms with Gasteiger partial charge in [-0.05, 0) is 12.0 Å². The van der Waals surface area contributed by atoms with Gasteiger partial charge in [0.2, 0.25) is 0 Å². The highest BCUT2D eigenvalue weighted by Gasteiger charge is 2.23. The maximum atomic E-state index is 12.1. The van der Waals surface area contributed by atoms with Crippen LogP contribution in [0.15, 0.2) is 42.6 Å². The van der Waals surface area contributed by atoms with E-state index >= 15 is 0 Å². The van der Waals surface area contributed by atoms with Crippen LogP contribution in [-0.2, 0) is 13.1 Å². The summed E-state index contributed by atoms with van der Waals surface area (Å²) in [5.41, 5.74) is 1.29. The molecule has 1 fully saturated rings. The molecular weight excluding hydrogens is 316 g/mol. The molecule has 130 valence electrons. The van der Waals surface area contributed by atoms with Crippen LogP contribution in [0.5, 0.6) is 0 Å². The van der Waals surface area contributed by atoms with Crippen molar-refractivity contribution in [2.45, 2.75) is 32.0 Å². The Hall–Kier alpha value is -2.85. The van der Waals surface area contributed by atoms with E-state index in [1.54, 1.807) is 16.9 Å². The molecular formula is C18H22N6O. The Balaban J connectivity index is 1.43. The number of benzene rings is 1. The molecule has 2 N–H and O–H groups in total. The molecule has 2 amide bonds. The number of aryl methyl sites for hydroxylation is 1. The van der Waals surface area contributed by atoms with Crippen LogP contribution < -0.4 is 10.6 Å².